The average Bonchev–Trinajstić information content (AvgIpc) is 3.26. The number of carbonyl (C=O) groups is 1. The van der Waals surface area contributed by atoms with Gasteiger partial charge in [-0.3, -0.25) is 4.79 Å². The van der Waals surface area contributed by atoms with Crippen molar-refractivity contribution in [2.75, 3.05) is 0 Å². The van der Waals surface area contributed by atoms with E-state index in [4.69, 9.17) is 0 Å². The summed E-state index contributed by atoms with van der Waals surface area (Å²) in [6.45, 7) is 2.63. The zero-order chi connectivity index (χ0) is 19.3. The molecule has 2 atom stereocenters. The van der Waals surface area contributed by atoms with Gasteiger partial charge in [0.2, 0.25) is 0 Å². The first-order valence-electron chi connectivity index (χ1n) is 9.46. The van der Waals surface area contributed by atoms with E-state index < -0.39 is 0 Å². The van der Waals surface area contributed by atoms with Crippen molar-refractivity contribution in [2.45, 2.75) is 23.7 Å². The molecule has 5 rings (SSSR count). The molecule has 0 N–H and O–H groups in total. The summed E-state index contributed by atoms with van der Waals surface area (Å²) >= 11 is 1.81. The summed E-state index contributed by atoms with van der Waals surface area (Å²) in [6.07, 6.45) is 3.77. The zero-order valence-electron chi connectivity index (χ0n) is 15.9. The van der Waals surface area contributed by atoms with Crippen LogP contribution in [0.2, 0.25) is 0 Å². The van der Waals surface area contributed by atoms with E-state index in [1.807, 2.05) is 43.1 Å². The highest BCUT2D eigenvalue weighted by Crippen LogP contribution is 2.50. The minimum Gasteiger partial charge on any atom is -0.338 e. The number of ketones is 1. The maximum absolute atomic E-state index is 13.8. The number of para-hydroxylation sites is 1. The van der Waals surface area contributed by atoms with Crippen LogP contribution in [0.5, 0.6) is 0 Å². The van der Waals surface area contributed by atoms with Crippen LogP contribution in [0.25, 0.3) is 10.9 Å². The maximum Gasteiger partial charge on any atom is 0.172 e. The number of benzene rings is 2. The summed E-state index contributed by atoms with van der Waals surface area (Å²) in [5.74, 6) is 1.03. The molecule has 0 radical (unpaired) electrons. The van der Waals surface area contributed by atoms with Gasteiger partial charge < -0.3 is 9.13 Å². The van der Waals surface area contributed by atoms with Gasteiger partial charge in [0.25, 0.3) is 0 Å². The van der Waals surface area contributed by atoms with Gasteiger partial charge >= 0.3 is 0 Å². The number of imidazole rings is 1. The first-order valence-corrected chi connectivity index (χ1v) is 10.3. The van der Waals surface area contributed by atoms with Crippen LogP contribution in [-0.2, 0) is 13.6 Å². The Labute approximate surface area is 168 Å². The van der Waals surface area contributed by atoms with Gasteiger partial charge in [0.1, 0.15) is 5.82 Å². The molecule has 1 aliphatic rings. The lowest BCUT2D eigenvalue weighted by molar-refractivity contribution is 0.0897. The largest absolute Gasteiger partial charge is 0.338 e. The number of hydrogen-bond acceptors (Lipinski definition) is 3. The van der Waals surface area contributed by atoms with Gasteiger partial charge in [-0.05, 0) is 18.6 Å². The molecular weight excluding hydrogens is 366 g/mol. The summed E-state index contributed by atoms with van der Waals surface area (Å²) < 4.78 is 4.26. The molecule has 5 heteroatoms. The molecule has 0 saturated heterocycles. The van der Waals surface area contributed by atoms with Crippen molar-refractivity contribution < 1.29 is 4.79 Å². The van der Waals surface area contributed by atoms with Gasteiger partial charge in [0.15, 0.2) is 5.78 Å². The molecular formula is C23H21N3OS. The van der Waals surface area contributed by atoms with Crippen LogP contribution in [0, 0.1) is 12.8 Å². The van der Waals surface area contributed by atoms with Gasteiger partial charge in [0.05, 0.1) is 16.5 Å². The van der Waals surface area contributed by atoms with Crippen molar-refractivity contribution in [1.82, 2.24) is 14.1 Å². The third kappa shape index (κ3) is 2.61. The van der Waals surface area contributed by atoms with E-state index in [2.05, 4.69) is 57.6 Å². The molecule has 0 saturated carbocycles. The third-order valence-electron chi connectivity index (χ3n) is 5.69. The lowest BCUT2D eigenvalue weighted by Crippen LogP contribution is -2.29. The molecule has 3 heterocycles. The van der Waals surface area contributed by atoms with Crippen molar-refractivity contribution in [2.24, 2.45) is 13.0 Å². The van der Waals surface area contributed by atoms with Crippen LogP contribution in [0.1, 0.15) is 27.0 Å². The highest BCUT2D eigenvalue weighted by atomic mass is 32.2. The van der Waals surface area contributed by atoms with Crippen molar-refractivity contribution in [1.29, 1.82) is 0 Å². The fourth-order valence-electron chi connectivity index (χ4n) is 4.20. The second-order valence-electron chi connectivity index (χ2n) is 7.30. The molecule has 2 aromatic heterocycles. The topological polar surface area (TPSA) is 39.8 Å². The molecule has 0 amide bonds. The lowest BCUT2D eigenvalue weighted by Gasteiger charge is -2.31. The second-order valence-corrected chi connectivity index (χ2v) is 8.43. The van der Waals surface area contributed by atoms with Gasteiger partial charge in [0, 0.05) is 42.1 Å². The molecule has 4 aromatic rings. The van der Waals surface area contributed by atoms with Crippen LogP contribution < -0.4 is 0 Å². The fourth-order valence-corrected chi connectivity index (χ4v) is 5.69. The number of nitrogens with zero attached hydrogens (tertiary/aromatic N) is 3. The standard InChI is InChI=1S/C23H21N3OS/c1-15-24-12-13-26(15)14-18-21(27)20-17-10-6-7-11-19(17)25(2)23(20)28-22(18)16-8-4-3-5-9-16/h3-13,18,22H,14H2,1-2H3. The summed E-state index contributed by atoms with van der Waals surface area (Å²) in [4.78, 5) is 18.1. The smallest absolute Gasteiger partial charge is 0.172 e. The molecule has 0 bridgehead atoms. The van der Waals surface area contributed by atoms with Gasteiger partial charge in [-0.25, -0.2) is 4.98 Å². The van der Waals surface area contributed by atoms with E-state index in [-0.39, 0.29) is 17.0 Å². The highest BCUT2D eigenvalue weighted by Gasteiger charge is 2.40. The Kier molecular flexibility index (Phi) is 4.13. The molecule has 0 aliphatic carbocycles. The SMILES string of the molecule is Cc1nccn1CC1C(=O)c2c(n(C)c3ccccc23)SC1c1ccccc1. The summed E-state index contributed by atoms with van der Waals surface area (Å²) in [5, 5.41) is 2.20. The van der Waals surface area contributed by atoms with Crippen molar-refractivity contribution in [3.63, 3.8) is 0 Å². The Morgan fingerprint density at radius 3 is 2.57 bits per heavy atom. The van der Waals surface area contributed by atoms with E-state index in [0.717, 1.165) is 27.3 Å². The Morgan fingerprint density at radius 2 is 1.82 bits per heavy atom. The Balaban J connectivity index is 1.68. The fraction of sp³-hybridized carbons (Fsp3) is 0.217. The number of carbonyl (C=O) groups excluding carboxylic acids is 1. The highest BCUT2D eigenvalue weighted by molar-refractivity contribution is 7.99. The van der Waals surface area contributed by atoms with Crippen molar-refractivity contribution >= 4 is 28.4 Å². The summed E-state index contributed by atoms with van der Waals surface area (Å²) in [5.41, 5.74) is 3.18. The maximum atomic E-state index is 13.8. The molecule has 0 spiro atoms. The number of Topliss-reactive ketones (excluding diaryl/α,β-unsaturated/α-hetero) is 1. The van der Waals surface area contributed by atoms with Gasteiger partial charge in [-0.1, -0.05) is 60.3 Å². The molecule has 0 fully saturated rings. The number of rotatable bonds is 3. The molecule has 2 aromatic carbocycles. The first-order chi connectivity index (χ1) is 13.6. The minimum absolute atomic E-state index is 0.0750. The van der Waals surface area contributed by atoms with E-state index >= 15 is 0 Å². The van der Waals surface area contributed by atoms with E-state index in [1.165, 1.54) is 5.56 Å². The Morgan fingerprint density at radius 1 is 1.07 bits per heavy atom. The molecule has 1 aliphatic heterocycles. The normalized spacial score (nSPS) is 19.1. The van der Waals surface area contributed by atoms with Crippen LogP contribution in [0.15, 0.2) is 72.0 Å². The molecule has 2 unspecified atom stereocenters. The molecule has 140 valence electrons. The third-order valence-corrected chi connectivity index (χ3v) is 7.24. The van der Waals surface area contributed by atoms with Gasteiger partial charge in [-0.15, -0.1) is 0 Å². The van der Waals surface area contributed by atoms with E-state index in [9.17, 15) is 4.79 Å². The first kappa shape index (κ1) is 17.3. The van der Waals surface area contributed by atoms with Crippen LogP contribution in [0.3, 0.4) is 0 Å². The minimum atomic E-state index is -0.140. The Hall–Kier alpha value is -2.79. The van der Waals surface area contributed by atoms with E-state index in [1.54, 1.807) is 6.20 Å². The number of aromatic nitrogens is 3. The summed E-state index contributed by atoms with van der Waals surface area (Å²) in [7, 11) is 2.06. The lowest BCUT2D eigenvalue weighted by atomic mass is 9.89. The number of thioether (sulfide) groups is 1. The van der Waals surface area contributed by atoms with Crippen LogP contribution in [-0.4, -0.2) is 19.9 Å². The molecule has 4 nitrogen and oxygen atoms in total. The average molecular weight is 388 g/mol. The molecule has 28 heavy (non-hydrogen) atoms. The predicted molar refractivity (Wildman–Crippen MR) is 113 cm³/mol. The monoisotopic (exact) mass is 387 g/mol. The zero-order valence-corrected chi connectivity index (χ0v) is 16.7. The number of aryl methyl sites for hydroxylation is 2. The van der Waals surface area contributed by atoms with Crippen molar-refractivity contribution in [3.05, 3.63) is 83.9 Å². The summed E-state index contributed by atoms with van der Waals surface area (Å²) in [6, 6.07) is 18.6. The number of fused-ring (bicyclic) bond motifs is 3. The quantitative estimate of drug-likeness (QED) is 0.495. The predicted octanol–water partition coefficient (Wildman–Crippen LogP) is 5.03. The van der Waals surface area contributed by atoms with Crippen LogP contribution >= 0.6 is 11.8 Å². The number of hydrogen-bond donors (Lipinski definition) is 0. The van der Waals surface area contributed by atoms with Crippen LogP contribution in [0.4, 0.5) is 0 Å². The van der Waals surface area contributed by atoms with Crippen molar-refractivity contribution in [3.8, 4) is 0 Å². The van der Waals surface area contributed by atoms with Gasteiger partial charge in [-0.2, -0.15) is 0 Å². The second kappa shape index (κ2) is 6.67. The Bertz CT molecular complexity index is 1180. The van der Waals surface area contributed by atoms with E-state index in [0.29, 0.717) is 6.54 Å².